The molecule has 2 aromatic carbocycles. The van der Waals surface area contributed by atoms with E-state index in [0.29, 0.717) is 11.3 Å². The second-order valence-corrected chi connectivity index (χ2v) is 6.14. The van der Waals surface area contributed by atoms with Crippen LogP contribution < -0.4 is 10.2 Å². The molecule has 5 nitrogen and oxygen atoms in total. The molecule has 8 heteroatoms. The lowest BCUT2D eigenvalue weighted by Crippen LogP contribution is -2.17. The Morgan fingerprint density at radius 1 is 1.04 bits per heavy atom. The molecule has 0 aliphatic carbocycles. The molecule has 1 heterocycles. The minimum atomic E-state index is -4.62. The average Bonchev–Trinajstić information content (AvgIpc) is 2.68. The molecule has 0 aliphatic heterocycles. The predicted molar refractivity (Wildman–Crippen MR) is 101 cm³/mol. The molecule has 0 atom stereocenters. The first-order valence-electron chi connectivity index (χ1n) is 8.30. The molecule has 3 aromatic rings. The Labute approximate surface area is 160 Å². The summed E-state index contributed by atoms with van der Waals surface area (Å²) in [7, 11) is 1.68. The van der Waals surface area contributed by atoms with Gasteiger partial charge in [-0.05, 0) is 43.3 Å². The molecule has 28 heavy (non-hydrogen) atoms. The topological polar surface area (TPSA) is 64.8 Å². The van der Waals surface area contributed by atoms with Crippen LogP contribution in [0.15, 0.2) is 54.7 Å². The molecule has 0 radical (unpaired) electrons. The van der Waals surface area contributed by atoms with Gasteiger partial charge in [0.25, 0.3) is 0 Å². The van der Waals surface area contributed by atoms with Crippen molar-refractivity contribution in [3.05, 3.63) is 71.4 Å². The molecular formula is C20H16F3N5. The smallest absolute Gasteiger partial charge is 0.340 e. The van der Waals surface area contributed by atoms with Gasteiger partial charge in [0.2, 0.25) is 5.95 Å². The fourth-order valence-corrected chi connectivity index (χ4v) is 2.49. The van der Waals surface area contributed by atoms with Crippen molar-refractivity contribution in [2.24, 2.45) is 0 Å². The van der Waals surface area contributed by atoms with Crippen molar-refractivity contribution in [1.29, 1.82) is 5.26 Å². The van der Waals surface area contributed by atoms with Crippen molar-refractivity contribution in [1.82, 2.24) is 9.97 Å². The summed E-state index contributed by atoms with van der Waals surface area (Å²) >= 11 is 0. The van der Waals surface area contributed by atoms with Gasteiger partial charge in [0.1, 0.15) is 11.4 Å². The van der Waals surface area contributed by atoms with E-state index in [1.807, 2.05) is 37.3 Å². The number of hydrogen-bond donors (Lipinski definition) is 1. The third-order valence-corrected chi connectivity index (χ3v) is 4.08. The third-order valence-electron chi connectivity index (χ3n) is 4.08. The van der Waals surface area contributed by atoms with Crippen LogP contribution >= 0.6 is 0 Å². The Kier molecular flexibility index (Phi) is 5.18. The molecule has 0 saturated carbocycles. The molecule has 142 valence electrons. The van der Waals surface area contributed by atoms with Crippen LogP contribution in [0.25, 0.3) is 0 Å². The highest BCUT2D eigenvalue weighted by Gasteiger charge is 2.35. The van der Waals surface area contributed by atoms with E-state index in [0.717, 1.165) is 17.4 Å². The van der Waals surface area contributed by atoms with Crippen LogP contribution in [0.2, 0.25) is 0 Å². The van der Waals surface area contributed by atoms with Crippen LogP contribution in [0.3, 0.4) is 0 Å². The Morgan fingerprint density at radius 2 is 1.68 bits per heavy atom. The fraction of sp³-hybridized carbons (Fsp3) is 0.150. The standard InChI is InChI=1S/C20H16F3N5/c1-13-3-9-16(10-4-13)28(2)19-25-12-17(20(21,22)23)18(27-19)26-15-7-5-14(11-24)6-8-15/h3-10,12H,1-2H3,(H,25,26,27). The second kappa shape index (κ2) is 7.56. The van der Waals surface area contributed by atoms with E-state index in [1.54, 1.807) is 11.9 Å². The maximum absolute atomic E-state index is 13.4. The molecule has 0 amide bonds. The van der Waals surface area contributed by atoms with E-state index in [-0.39, 0.29) is 11.8 Å². The summed E-state index contributed by atoms with van der Waals surface area (Å²) in [5.41, 5.74) is 1.62. The van der Waals surface area contributed by atoms with Crippen molar-refractivity contribution < 1.29 is 13.2 Å². The number of hydrogen-bond acceptors (Lipinski definition) is 5. The van der Waals surface area contributed by atoms with Crippen LogP contribution in [0.1, 0.15) is 16.7 Å². The molecule has 0 saturated heterocycles. The number of benzene rings is 2. The van der Waals surface area contributed by atoms with Crippen LogP contribution in [-0.2, 0) is 6.18 Å². The van der Waals surface area contributed by atoms with E-state index in [2.05, 4.69) is 15.3 Å². The summed E-state index contributed by atoms with van der Waals surface area (Å²) < 4.78 is 40.2. The van der Waals surface area contributed by atoms with Gasteiger partial charge in [-0.1, -0.05) is 17.7 Å². The van der Waals surface area contributed by atoms with Gasteiger partial charge in [0.15, 0.2) is 0 Å². The number of anilines is 4. The molecule has 0 unspecified atom stereocenters. The minimum Gasteiger partial charge on any atom is -0.340 e. The van der Waals surface area contributed by atoms with Crippen LogP contribution in [-0.4, -0.2) is 17.0 Å². The SMILES string of the molecule is Cc1ccc(N(C)c2ncc(C(F)(F)F)c(Nc3ccc(C#N)cc3)n2)cc1. The summed E-state index contributed by atoms with van der Waals surface area (Å²) in [4.78, 5) is 9.58. The van der Waals surface area contributed by atoms with Crippen LogP contribution in [0.4, 0.5) is 36.3 Å². The molecule has 0 aliphatic rings. The summed E-state index contributed by atoms with van der Waals surface area (Å²) in [6.45, 7) is 1.94. The Balaban J connectivity index is 1.99. The summed E-state index contributed by atoms with van der Waals surface area (Å²) in [6.07, 6.45) is -3.85. The fourth-order valence-electron chi connectivity index (χ4n) is 2.49. The van der Waals surface area contributed by atoms with E-state index < -0.39 is 11.7 Å². The monoisotopic (exact) mass is 383 g/mol. The largest absolute Gasteiger partial charge is 0.421 e. The van der Waals surface area contributed by atoms with Crippen molar-refractivity contribution in [2.75, 3.05) is 17.3 Å². The lowest BCUT2D eigenvalue weighted by atomic mass is 10.2. The number of nitrogens with zero attached hydrogens (tertiary/aromatic N) is 4. The lowest BCUT2D eigenvalue weighted by molar-refractivity contribution is -0.137. The van der Waals surface area contributed by atoms with Gasteiger partial charge in [-0.2, -0.15) is 23.4 Å². The van der Waals surface area contributed by atoms with Gasteiger partial charge in [-0.15, -0.1) is 0 Å². The van der Waals surface area contributed by atoms with Crippen molar-refractivity contribution in [3.8, 4) is 6.07 Å². The van der Waals surface area contributed by atoms with Gasteiger partial charge in [0, 0.05) is 24.6 Å². The first-order chi connectivity index (χ1) is 13.3. The summed E-state index contributed by atoms with van der Waals surface area (Å²) in [5, 5.41) is 11.5. The highest BCUT2D eigenvalue weighted by atomic mass is 19.4. The second-order valence-electron chi connectivity index (χ2n) is 6.14. The first kappa shape index (κ1) is 19.2. The quantitative estimate of drug-likeness (QED) is 0.672. The molecule has 0 bridgehead atoms. The third kappa shape index (κ3) is 4.20. The predicted octanol–water partition coefficient (Wildman–Crippen LogP) is 5.19. The van der Waals surface area contributed by atoms with Crippen LogP contribution in [0.5, 0.6) is 0 Å². The van der Waals surface area contributed by atoms with E-state index in [9.17, 15) is 13.2 Å². The highest BCUT2D eigenvalue weighted by Crippen LogP contribution is 2.36. The number of halogens is 3. The zero-order valence-corrected chi connectivity index (χ0v) is 15.1. The molecular weight excluding hydrogens is 367 g/mol. The van der Waals surface area contributed by atoms with Crippen molar-refractivity contribution >= 4 is 23.1 Å². The number of aryl methyl sites for hydroxylation is 1. The average molecular weight is 383 g/mol. The normalized spacial score (nSPS) is 11.0. The maximum Gasteiger partial charge on any atom is 0.421 e. The van der Waals surface area contributed by atoms with Crippen molar-refractivity contribution in [3.63, 3.8) is 0 Å². The minimum absolute atomic E-state index is 0.119. The summed E-state index contributed by atoms with van der Waals surface area (Å²) in [5.74, 6) is -0.242. The van der Waals surface area contributed by atoms with Gasteiger partial charge in [0.05, 0.1) is 11.6 Å². The van der Waals surface area contributed by atoms with Crippen molar-refractivity contribution in [2.45, 2.75) is 13.1 Å². The zero-order chi connectivity index (χ0) is 20.3. The van der Waals surface area contributed by atoms with Gasteiger partial charge in [-0.25, -0.2) is 4.98 Å². The maximum atomic E-state index is 13.4. The van der Waals surface area contributed by atoms with Gasteiger partial charge >= 0.3 is 6.18 Å². The van der Waals surface area contributed by atoms with E-state index in [4.69, 9.17) is 5.26 Å². The number of rotatable bonds is 4. The molecule has 1 aromatic heterocycles. The molecule has 0 spiro atoms. The number of nitrogens with one attached hydrogen (secondary N) is 1. The number of alkyl halides is 3. The van der Waals surface area contributed by atoms with Gasteiger partial charge < -0.3 is 10.2 Å². The highest BCUT2D eigenvalue weighted by molar-refractivity contribution is 5.64. The first-order valence-corrected chi connectivity index (χ1v) is 8.30. The Hall–Kier alpha value is -3.60. The van der Waals surface area contributed by atoms with E-state index in [1.165, 1.54) is 24.3 Å². The Morgan fingerprint density at radius 3 is 2.25 bits per heavy atom. The van der Waals surface area contributed by atoms with E-state index >= 15 is 0 Å². The summed E-state index contributed by atoms with van der Waals surface area (Å²) in [6, 6.07) is 15.5. The zero-order valence-electron chi connectivity index (χ0n) is 15.1. The Bertz CT molecular complexity index is 1010. The molecule has 3 rings (SSSR count). The molecule has 1 N–H and O–H groups in total. The molecule has 0 fully saturated rings. The lowest BCUT2D eigenvalue weighted by Gasteiger charge is -2.20. The van der Waals surface area contributed by atoms with Gasteiger partial charge in [-0.3, -0.25) is 0 Å². The van der Waals surface area contributed by atoms with Crippen LogP contribution in [0, 0.1) is 18.3 Å². The number of aromatic nitrogens is 2. The number of nitriles is 1.